The van der Waals surface area contributed by atoms with E-state index in [2.05, 4.69) is 12.4 Å². The van der Waals surface area contributed by atoms with E-state index in [1.807, 2.05) is 18.2 Å². The Balaban J connectivity index is 0.000000557. The van der Waals surface area contributed by atoms with Crippen LogP contribution in [0, 0.1) is 0 Å². The maximum absolute atomic E-state index is 9.15. The number of nitrogens with two attached hydrogens (primary N) is 2. The van der Waals surface area contributed by atoms with E-state index in [0.29, 0.717) is 6.41 Å². The van der Waals surface area contributed by atoms with Crippen LogP contribution in [0.25, 0.3) is 6.08 Å². The van der Waals surface area contributed by atoms with Gasteiger partial charge < -0.3 is 10.1 Å². The number of nitrogens with one attached hydrogen (secondary N) is 1. The van der Waals surface area contributed by atoms with Gasteiger partial charge in [0, 0.05) is 12.6 Å². The minimum absolute atomic E-state index is 0.0287. The van der Waals surface area contributed by atoms with Gasteiger partial charge in [-0.3, -0.25) is 10.2 Å². The van der Waals surface area contributed by atoms with Crippen LogP contribution in [0.5, 0.6) is 0 Å². The molecule has 0 saturated heterocycles. The van der Waals surface area contributed by atoms with Crippen molar-refractivity contribution in [1.29, 1.82) is 0 Å². The second kappa shape index (κ2) is 8.28. The molecule has 0 heterocycles. The molecule has 0 radical (unpaired) electrons. The molecule has 1 aromatic carbocycles. The largest absolute Gasteiger partial charge is 0.392 e. The Hall–Kier alpha value is -1.89. The maximum Gasteiger partial charge on any atom is 0.221 e. The van der Waals surface area contributed by atoms with E-state index in [1.165, 1.54) is 5.01 Å². The van der Waals surface area contributed by atoms with Crippen LogP contribution in [-0.4, -0.2) is 18.6 Å². The third kappa shape index (κ3) is 4.64. The summed E-state index contributed by atoms with van der Waals surface area (Å²) in [6.45, 7) is 3.64. The number of amides is 1. The second-order valence-electron chi connectivity index (χ2n) is 3.10. The number of hydrazine groups is 2. The summed E-state index contributed by atoms with van der Waals surface area (Å²) in [5, 5.41) is 10.6. The zero-order chi connectivity index (χ0) is 13.3. The van der Waals surface area contributed by atoms with E-state index in [0.717, 1.165) is 16.8 Å². The molecule has 0 aliphatic rings. The second-order valence-corrected chi connectivity index (χ2v) is 3.10. The Kier molecular flexibility index (Phi) is 7.36. The number of rotatable bonds is 4. The fourth-order valence-electron chi connectivity index (χ4n) is 1.29. The quantitative estimate of drug-likeness (QED) is 0.250. The van der Waals surface area contributed by atoms with Crippen molar-refractivity contribution in [1.82, 2.24) is 5.43 Å². The van der Waals surface area contributed by atoms with Crippen LogP contribution in [0.3, 0.4) is 0 Å². The third-order valence-electron chi connectivity index (χ3n) is 2.01. The summed E-state index contributed by atoms with van der Waals surface area (Å²) in [6, 6.07) is 5.64. The molecular formula is C11H18N4O2. The van der Waals surface area contributed by atoms with E-state index in [4.69, 9.17) is 15.7 Å². The van der Waals surface area contributed by atoms with Gasteiger partial charge >= 0.3 is 0 Å². The van der Waals surface area contributed by atoms with Gasteiger partial charge in [0.05, 0.1) is 12.3 Å². The lowest BCUT2D eigenvalue weighted by atomic mass is 10.1. The summed E-state index contributed by atoms with van der Waals surface area (Å²) in [4.78, 5) is 8.94. The molecular weight excluding hydrogens is 220 g/mol. The lowest BCUT2D eigenvalue weighted by Gasteiger charge is -2.17. The monoisotopic (exact) mass is 238 g/mol. The first kappa shape index (κ1) is 15.1. The minimum Gasteiger partial charge on any atom is -0.392 e. The molecule has 1 amide bonds. The van der Waals surface area contributed by atoms with Gasteiger partial charge in [0.2, 0.25) is 6.41 Å². The van der Waals surface area contributed by atoms with Crippen molar-refractivity contribution in [3.05, 3.63) is 35.9 Å². The smallest absolute Gasteiger partial charge is 0.221 e. The van der Waals surface area contributed by atoms with E-state index < -0.39 is 0 Å². The Morgan fingerprint density at radius 1 is 1.59 bits per heavy atom. The Morgan fingerprint density at radius 2 is 2.18 bits per heavy atom. The van der Waals surface area contributed by atoms with Crippen LogP contribution in [0.15, 0.2) is 24.8 Å². The molecule has 0 unspecified atom stereocenters. The summed E-state index contributed by atoms with van der Waals surface area (Å²) >= 11 is 0. The van der Waals surface area contributed by atoms with Gasteiger partial charge in [-0.15, -0.1) is 0 Å². The highest BCUT2D eigenvalue weighted by atomic mass is 16.3. The van der Waals surface area contributed by atoms with Gasteiger partial charge in [-0.1, -0.05) is 24.8 Å². The average Bonchev–Trinajstić information content (AvgIpc) is 2.37. The molecule has 1 rings (SSSR count). The topological polar surface area (TPSA) is 105 Å². The van der Waals surface area contributed by atoms with Crippen molar-refractivity contribution in [2.75, 3.05) is 12.1 Å². The van der Waals surface area contributed by atoms with Crippen LogP contribution < -0.4 is 22.1 Å². The van der Waals surface area contributed by atoms with Crippen LogP contribution in [0.2, 0.25) is 0 Å². The molecule has 6 N–H and O–H groups in total. The summed E-state index contributed by atoms with van der Waals surface area (Å²) in [7, 11) is 1.74. The molecule has 0 aliphatic carbocycles. The van der Waals surface area contributed by atoms with Crippen LogP contribution in [0.1, 0.15) is 11.1 Å². The fraction of sp³-hybridized carbons (Fsp3) is 0.182. The molecule has 1 aromatic rings. The molecule has 0 aromatic heterocycles. The first-order chi connectivity index (χ1) is 8.12. The zero-order valence-corrected chi connectivity index (χ0v) is 9.76. The lowest BCUT2D eigenvalue weighted by Crippen LogP contribution is -2.26. The number of aliphatic hydroxyl groups is 1. The molecule has 0 saturated carbocycles. The summed E-state index contributed by atoms with van der Waals surface area (Å²) < 4.78 is 0. The number of nitrogens with zero attached hydrogens (tertiary/aromatic N) is 1. The van der Waals surface area contributed by atoms with E-state index in [9.17, 15) is 0 Å². The number of aliphatic hydroxyl groups excluding tert-OH is 1. The van der Waals surface area contributed by atoms with Gasteiger partial charge in [-0.2, -0.15) is 0 Å². The van der Waals surface area contributed by atoms with Crippen LogP contribution in [0.4, 0.5) is 5.69 Å². The predicted octanol–water partition coefficient (Wildman–Crippen LogP) is -0.262. The molecule has 17 heavy (non-hydrogen) atoms. The number of carbonyl (C=O) groups is 1. The highest BCUT2D eigenvalue weighted by molar-refractivity contribution is 5.63. The number of hydrogen-bond donors (Lipinski definition) is 4. The van der Waals surface area contributed by atoms with Gasteiger partial charge in [-0.25, -0.2) is 11.7 Å². The summed E-state index contributed by atoms with van der Waals surface area (Å²) in [5.41, 5.74) is 4.29. The molecule has 0 aliphatic heterocycles. The van der Waals surface area contributed by atoms with Gasteiger partial charge in [0.1, 0.15) is 0 Å². The molecule has 6 heteroatoms. The van der Waals surface area contributed by atoms with E-state index in [-0.39, 0.29) is 6.61 Å². The van der Waals surface area contributed by atoms with E-state index >= 15 is 0 Å². The van der Waals surface area contributed by atoms with Gasteiger partial charge in [0.15, 0.2) is 0 Å². The predicted molar refractivity (Wildman–Crippen MR) is 68.4 cm³/mol. The molecule has 0 bridgehead atoms. The molecule has 0 fully saturated rings. The summed E-state index contributed by atoms with van der Waals surface area (Å²) in [5.74, 6) is 10.0. The van der Waals surface area contributed by atoms with Crippen molar-refractivity contribution in [3.8, 4) is 0 Å². The standard InChI is InChI=1S/C10H14N2O.CH4N2O/c1-3-8-5-4-6-10(12(2)11)9(8)7-13;2-3-1-4/h3-6,13H,1,7,11H2,2H3;1H,2H2,(H,3,4). The fourth-order valence-corrected chi connectivity index (χ4v) is 1.29. The molecule has 6 nitrogen and oxygen atoms in total. The highest BCUT2D eigenvalue weighted by Crippen LogP contribution is 2.22. The first-order valence-corrected chi connectivity index (χ1v) is 4.85. The molecule has 0 atom stereocenters. The molecule has 0 spiro atoms. The van der Waals surface area contributed by atoms with Gasteiger partial charge in [-0.05, 0) is 11.6 Å². The van der Waals surface area contributed by atoms with Crippen LogP contribution >= 0.6 is 0 Å². The van der Waals surface area contributed by atoms with Crippen molar-refractivity contribution in [3.63, 3.8) is 0 Å². The van der Waals surface area contributed by atoms with Gasteiger partial charge in [0.25, 0.3) is 0 Å². The van der Waals surface area contributed by atoms with Crippen LogP contribution in [-0.2, 0) is 11.4 Å². The SMILES string of the molecule is C=Cc1cccc(N(C)N)c1CO.NNC=O. The van der Waals surface area contributed by atoms with Crippen molar-refractivity contribution in [2.45, 2.75) is 6.61 Å². The zero-order valence-electron chi connectivity index (χ0n) is 9.76. The van der Waals surface area contributed by atoms with E-state index in [1.54, 1.807) is 18.5 Å². The number of hydrogen-bond acceptors (Lipinski definition) is 5. The highest BCUT2D eigenvalue weighted by Gasteiger charge is 2.06. The Morgan fingerprint density at radius 3 is 2.53 bits per heavy atom. The Bertz CT molecular complexity index is 366. The van der Waals surface area contributed by atoms with Crippen molar-refractivity contribution >= 4 is 18.2 Å². The first-order valence-electron chi connectivity index (χ1n) is 4.85. The maximum atomic E-state index is 9.15. The third-order valence-corrected chi connectivity index (χ3v) is 2.01. The average molecular weight is 238 g/mol. The lowest BCUT2D eigenvalue weighted by molar-refractivity contribution is -0.109. The summed E-state index contributed by atoms with van der Waals surface area (Å²) in [6.07, 6.45) is 2.11. The normalized spacial score (nSPS) is 8.71. The number of anilines is 1. The van der Waals surface area contributed by atoms with Crippen molar-refractivity contribution in [2.24, 2.45) is 11.7 Å². The van der Waals surface area contributed by atoms with Crippen molar-refractivity contribution < 1.29 is 9.90 Å². The molecule has 94 valence electrons. The number of benzene rings is 1. The minimum atomic E-state index is -0.0287. The Labute approximate surface area is 100 Å². The number of carbonyl (C=O) groups excluding carboxylic acids is 1.